The van der Waals surface area contributed by atoms with Gasteiger partial charge in [-0.05, 0) is 18.6 Å². The predicted molar refractivity (Wildman–Crippen MR) is 66.7 cm³/mol. The summed E-state index contributed by atoms with van der Waals surface area (Å²) in [4.78, 5) is 14.8. The minimum Gasteiger partial charge on any atom is -0.487 e. The van der Waals surface area contributed by atoms with Crippen molar-refractivity contribution in [3.8, 4) is 5.75 Å². The van der Waals surface area contributed by atoms with E-state index in [-0.39, 0.29) is 5.56 Å². The van der Waals surface area contributed by atoms with E-state index in [0.717, 1.165) is 5.56 Å². The SMILES string of the molecule is Cc1ncc(C(=O)O)cc1OCc1ccccc1. The summed E-state index contributed by atoms with van der Waals surface area (Å²) in [6.45, 7) is 2.18. The zero-order valence-electron chi connectivity index (χ0n) is 9.96. The third-order valence-corrected chi connectivity index (χ3v) is 2.52. The molecule has 1 N–H and O–H groups in total. The monoisotopic (exact) mass is 243 g/mol. The van der Waals surface area contributed by atoms with E-state index in [0.29, 0.717) is 18.1 Å². The summed E-state index contributed by atoms with van der Waals surface area (Å²) in [5.41, 5.74) is 1.83. The first-order valence-corrected chi connectivity index (χ1v) is 5.53. The third-order valence-electron chi connectivity index (χ3n) is 2.52. The Kier molecular flexibility index (Phi) is 3.57. The molecule has 4 nitrogen and oxygen atoms in total. The summed E-state index contributed by atoms with van der Waals surface area (Å²) in [7, 11) is 0. The minimum atomic E-state index is -1.01. The Bertz CT molecular complexity index is 552. The molecule has 4 heteroatoms. The van der Waals surface area contributed by atoms with Crippen molar-refractivity contribution in [1.82, 2.24) is 4.98 Å². The molecule has 0 unspecified atom stereocenters. The number of benzene rings is 1. The number of carboxylic acids is 1. The lowest BCUT2D eigenvalue weighted by Crippen LogP contribution is -2.02. The fourth-order valence-corrected chi connectivity index (χ4v) is 1.51. The highest BCUT2D eigenvalue weighted by Gasteiger charge is 2.08. The fourth-order valence-electron chi connectivity index (χ4n) is 1.51. The number of aromatic carboxylic acids is 1. The molecule has 1 aromatic heterocycles. The van der Waals surface area contributed by atoms with E-state index in [1.807, 2.05) is 30.3 Å². The first-order valence-electron chi connectivity index (χ1n) is 5.53. The number of nitrogens with zero attached hydrogens (tertiary/aromatic N) is 1. The van der Waals surface area contributed by atoms with Crippen molar-refractivity contribution < 1.29 is 14.6 Å². The molecule has 2 rings (SSSR count). The fraction of sp³-hybridized carbons (Fsp3) is 0.143. The number of hydrogen-bond acceptors (Lipinski definition) is 3. The Balaban J connectivity index is 2.14. The van der Waals surface area contributed by atoms with Crippen LogP contribution in [-0.4, -0.2) is 16.1 Å². The van der Waals surface area contributed by atoms with Gasteiger partial charge >= 0.3 is 5.97 Å². The van der Waals surface area contributed by atoms with Gasteiger partial charge < -0.3 is 9.84 Å². The molecule has 0 fully saturated rings. The molecule has 0 bridgehead atoms. The second-order valence-electron chi connectivity index (χ2n) is 3.89. The maximum Gasteiger partial charge on any atom is 0.337 e. The predicted octanol–water partition coefficient (Wildman–Crippen LogP) is 2.67. The molecule has 1 heterocycles. The number of aromatic nitrogens is 1. The lowest BCUT2D eigenvalue weighted by molar-refractivity contribution is 0.0696. The van der Waals surface area contributed by atoms with E-state index in [1.165, 1.54) is 12.3 Å². The first kappa shape index (κ1) is 12.1. The van der Waals surface area contributed by atoms with Crippen LogP contribution in [0.5, 0.6) is 5.75 Å². The summed E-state index contributed by atoms with van der Waals surface area (Å²) < 4.78 is 5.59. The van der Waals surface area contributed by atoms with Crippen LogP contribution in [0.25, 0.3) is 0 Å². The van der Waals surface area contributed by atoms with Crippen LogP contribution in [0.1, 0.15) is 21.6 Å². The maximum atomic E-state index is 10.8. The molecule has 0 saturated carbocycles. The molecule has 2 aromatic rings. The molecule has 0 aliphatic heterocycles. The molecular formula is C14H13NO3. The minimum absolute atomic E-state index is 0.128. The molecule has 0 aliphatic carbocycles. The van der Waals surface area contributed by atoms with Crippen molar-refractivity contribution in [1.29, 1.82) is 0 Å². The summed E-state index contributed by atoms with van der Waals surface area (Å²) in [6, 6.07) is 11.2. The Hall–Kier alpha value is -2.36. The molecular weight excluding hydrogens is 230 g/mol. The average Bonchev–Trinajstić information content (AvgIpc) is 2.38. The molecule has 92 valence electrons. The van der Waals surface area contributed by atoms with Crippen LogP contribution in [-0.2, 0) is 6.61 Å². The smallest absolute Gasteiger partial charge is 0.337 e. The molecule has 0 amide bonds. The lowest BCUT2D eigenvalue weighted by Gasteiger charge is -2.09. The largest absolute Gasteiger partial charge is 0.487 e. The topological polar surface area (TPSA) is 59.4 Å². The van der Waals surface area contributed by atoms with Gasteiger partial charge in [0.25, 0.3) is 0 Å². The number of ether oxygens (including phenoxy) is 1. The normalized spacial score (nSPS) is 10.1. The standard InChI is InChI=1S/C14H13NO3/c1-10-13(7-12(8-15-10)14(16)17)18-9-11-5-3-2-4-6-11/h2-8H,9H2,1H3,(H,16,17). The van der Waals surface area contributed by atoms with Gasteiger partial charge in [-0.25, -0.2) is 4.79 Å². The van der Waals surface area contributed by atoms with Crippen molar-refractivity contribution in [3.05, 3.63) is 59.4 Å². The van der Waals surface area contributed by atoms with Crippen molar-refractivity contribution in [2.45, 2.75) is 13.5 Å². The van der Waals surface area contributed by atoms with Crippen LogP contribution in [0.15, 0.2) is 42.6 Å². The second kappa shape index (κ2) is 5.31. The zero-order valence-corrected chi connectivity index (χ0v) is 9.96. The summed E-state index contributed by atoms with van der Waals surface area (Å²) in [5, 5.41) is 8.89. The number of rotatable bonds is 4. The number of hydrogen-bond donors (Lipinski definition) is 1. The first-order chi connectivity index (χ1) is 8.66. The van der Waals surface area contributed by atoms with Gasteiger partial charge in [-0.3, -0.25) is 4.98 Å². The van der Waals surface area contributed by atoms with Gasteiger partial charge in [0.2, 0.25) is 0 Å². The van der Waals surface area contributed by atoms with Crippen LogP contribution < -0.4 is 4.74 Å². The van der Waals surface area contributed by atoms with Crippen LogP contribution in [0, 0.1) is 6.92 Å². The van der Waals surface area contributed by atoms with E-state index >= 15 is 0 Å². The van der Waals surface area contributed by atoms with Crippen LogP contribution in [0.2, 0.25) is 0 Å². The number of carbonyl (C=O) groups is 1. The van der Waals surface area contributed by atoms with Crippen molar-refractivity contribution in [3.63, 3.8) is 0 Å². The molecule has 0 saturated heterocycles. The lowest BCUT2D eigenvalue weighted by atomic mass is 10.2. The van der Waals surface area contributed by atoms with Gasteiger partial charge in [0.1, 0.15) is 12.4 Å². The summed E-state index contributed by atoms with van der Waals surface area (Å²) in [5.74, 6) is -0.509. The maximum absolute atomic E-state index is 10.8. The summed E-state index contributed by atoms with van der Waals surface area (Å²) >= 11 is 0. The average molecular weight is 243 g/mol. The number of aryl methyl sites for hydroxylation is 1. The Morgan fingerprint density at radius 1 is 1.33 bits per heavy atom. The van der Waals surface area contributed by atoms with E-state index in [1.54, 1.807) is 6.92 Å². The Morgan fingerprint density at radius 3 is 2.72 bits per heavy atom. The van der Waals surface area contributed by atoms with E-state index < -0.39 is 5.97 Å². The highest BCUT2D eigenvalue weighted by Crippen LogP contribution is 2.18. The van der Waals surface area contributed by atoms with Crippen molar-refractivity contribution >= 4 is 5.97 Å². The summed E-state index contributed by atoms with van der Waals surface area (Å²) in [6.07, 6.45) is 1.33. The molecule has 0 spiro atoms. The number of carboxylic acid groups (broad SMARTS) is 1. The van der Waals surface area contributed by atoms with Crippen LogP contribution in [0.3, 0.4) is 0 Å². The molecule has 0 atom stereocenters. The van der Waals surface area contributed by atoms with Crippen LogP contribution >= 0.6 is 0 Å². The second-order valence-corrected chi connectivity index (χ2v) is 3.89. The molecule has 0 radical (unpaired) electrons. The van der Waals surface area contributed by atoms with E-state index in [9.17, 15) is 4.79 Å². The van der Waals surface area contributed by atoms with Gasteiger partial charge in [0, 0.05) is 6.20 Å². The van der Waals surface area contributed by atoms with Gasteiger partial charge in [0.15, 0.2) is 0 Å². The Labute approximate surface area is 105 Å². The van der Waals surface area contributed by atoms with Gasteiger partial charge in [-0.1, -0.05) is 30.3 Å². The highest BCUT2D eigenvalue weighted by molar-refractivity contribution is 5.87. The molecule has 18 heavy (non-hydrogen) atoms. The number of pyridine rings is 1. The van der Waals surface area contributed by atoms with Gasteiger partial charge in [-0.15, -0.1) is 0 Å². The quantitative estimate of drug-likeness (QED) is 0.896. The van der Waals surface area contributed by atoms with E-state index in [2.05, 4.69) is 4.98 Å². The molecule has 0 aliphatic rings. The molecule has 1 aromatic carbocycles. The highest BCUT2D eigenvalue weighted by atomic mass is 16.5. The van der Waals surface area contributed by atoms with Crippen LogP contribution in [0.4, 0.5) is 0 Å². The Morgan fingerprint density at radius 2 is 2.06 bits per heavy atom. The zero-order chi connectivity index (χ0) is 13.0. The third kappa shape index (κ3) is 2.85. The van der Waals surface area contributed by atoms with Crippen molar-refractivity contribution in [2.24, 2.45) is 0 Å². The van der Waals surface area contributed by atoms with Gasteiger partial charge in [0.05, 0.1) is 11.3 Å². The van der Waals surface area contributed by atoms with Gasteiger partial charge in [-0.2, -0.15) is 0 Å². The van der Waals surface area contributed by atoms with E-state index in [4.69, 9.17) is 9.84 Å². The van der Waals surface area contributed by atoms with Crippen molar-refractivity contribution in [2.75, 3.05) is 0 Å².